The second-order valence-electron chi connectivity index (χ2n) is 2.43. The van der Waals surface area contributed by atoms with Crippen molar-refractivity contribution < 1.29 is 5.11 Å². The van der Waals surface area contributed by atoms with Gasteiger partial charge < -0.3 is 10.0 Å². The van der Waals surface area contributed by atoms with Gasteiger partial charge in [-0.1, -0.05) is 17.7 Å². The second-order valence-corrected chi connectivity index (χ2v) is 2.68. The fourth-order valence-electron chi connectivity index (χ4n) is 0.745. The van der Waals surface area contributed by atoms with Crippen molar-refractivity contribution in [3.63, 3.8) is 0 Å². The lowest BCUT2D eigenvalue weighted by Gasteiger charge is -2.15. The topological polar surface area (TPSA) is 23.5 Å². The van der Waals surface area contributed by atoms with E-state index in [1.54, 1.807) is 6.92 Å². The van der Waals surface area contributed by atoms with Crippen LogP contribution >= 0.6 is 11.6 Å². The Morgan fingerprint density at radius 2 is 2.30 bits per heavy atom. The van der Waals surface area contributed by atoms with E-state index in [1.165, 1.54) is 5.54 Å². The minimum atomic E-state index is -0.270. The van der Waals surface area contributed by atoms with E-state index in [9.17, 15) is 0 Å². The van der Waals surface area contributed by atoms with Gasteiger partial charge in [0.05, 0.1) is 6.10 Å². The van der Waals surface area contributed by atoms with E-state index >= 15 is 0 Å². The second kappa shape index (κ2) is 5.71. The maximum Gasteiger partial charge on any atom is 0.0639 e. The molecule has 1 atom stereocenters. The van der Waals surface area contributed by atoms with Crippen molar-refractivity contribution in [1.29, 1.82) is 0 Å². The lowest BCUT2D eigenvalue weighted by atomic mass is 10.4. The monoisotopic (exact) mass is 163 g/mol. The Morgan fingerprint density at radius 3 is 2.70 bits per heavy atom. The maximum absolute atomic E-state index is 8.92. The first-order valence-corrected chi connectivity index (χ1v) is 3.72. The number of hydrogen-bond donors (Lipinski definition) is 1. The summed E-state index contributed by atoms with van der Waals surface area (Å²) < 4.78 is 0. The molecule has 0 rings (SSSR count). The first-order chi connectivity index (χ1) is 4.66. The summed E-state index contributed by atoms with van der Waals surface area (Å²) in [5.41, 5.74) is 1.48. The molecule has 0 bridgehead atoms. The molecule has 0 aliphatic rings. The molecule has 1 N–H and O–H groups in total. The largest absolute Gasteiger partial charge is 0.392 e. The van der Waals surface area contributed by atoms with E-state index in [1.807, 2.05) is 18.0 Å². The van der Waals surface area contributed by atoms with Gasteiger partial charge in [-0.05, 0) is 14.0 Å². The Labute approximate surface area is 67.1 Å². The zero-order valence-electron chi connectivity index (χ0n) is 6.42. The third kappa shape index (κ3) is 6.08. The van der Waals surface area contributed by atoms with Crippen LogP contribution in [0.1, 0.15) is 6.92 Å². The number of nitrogens with zero attached hydrogens (tertiary/aromatic N) is 1. The van der Waals surface area contributed by atoms with Gasteiger partial charge in [-0.3, -0.25) is 0 Å². The summed E-state index contributed by atoms with van der Waals surface area (Å²) in [6.07, 6.45) is 1.57. The third-order valence-corrected chi connectivity index (χ3v) is 1.26. The van der Waals surface area contributed by atoms with Gasteiger partial charge in [-0.25, -0.2) is 0 Å². The summed E-state index contributed by atoms with van der Waals surface area (Å²) in [5.74, 6) is 0. The highest BCUT2D eigenvalue weighted by atomic mass is 35.5. The zero-order valence-corrected chi connectivity index (χ0v) is 7.17. The van der Waals surface area contributed by atoms with Gasteiger partial charge in [0.25, 0.3) is 0 Å². The van der Waals surface area contributed by atoms with Gasteiger partial charge in [0.1, 0.15) is 0 Å². The number of likely N-dealkylation sites (N-methyl/N-ethyl adjacent to an activating group) is 1. The molecule has 0 aromatic rings. The molecule has 0 spiro atoms. The van der Waals surface area contributed by atoms with Crippen LogP contribution in [0.2, 0.25) is 0 Å². The molecule has 0 aromatic carbocycles. The SMILES string of the molecule is CC(O)CN(C)CC=CCl. The zero-order chi connectivity index (χ0) is 7.98. The number of rotatable bonds is 4. The summed E-state index contributed by atoms with van der Waals surface area (Å²) in [6, 6.07) is 0. The van der Waals surface area contributed by atoms with Crippen molar-refractivity contribution in [1.82, 2.24) is 4.90 Å². The van der Waals surface area contributed by atoms with Gasteiger partial charge in [0, 0.05) is 18.6 Å². The molecule has 10 heavy (non-hydrogen) atoms. The number of halogens is 1. The standard InChI is InChI=1S/C7H14ClNO/c1-7(10)6-9(2)5-3-4-8/h3-4,7,10H,5-6H2,1-2H3. The average molecular weight is 164 g/mol. The maximum atomic E-state index is 8.92. The van der Waals surface area contributed by atoms with Crippen molar-refractivity contribution in [2.45, 2.75) is 13.0 Å². The van der Waals surface area contributed by atoms with Gasteiger partial charge in [0.2, 0.25) is 0 Å². The van der Waals surface area contributed by atoms with E-state index < -0.39 is 0 Å². The molecule has 0 aliphatic carbocycles. The molecule has 0 saturated heterocycles. The molecular formula is C7H14ClNO. The van der Waals surface area contributed by atoms with Crippen LogP contribution in [-0.2, 0) is 0 Å². The van der Waals surface area contributed by atoms with Crippen LogP contribution in [0, 0.1) is 0 Å². The van der Waals surface area contributed by atoms with Gasteiger partial charge in [-0.2, -0.15) is 0 Å². The predicted octanol–water partition coefficient (Wildman–Crippen LogP) is 1.05. The molecule has 0 amide bonds. The van der Waals surface area contributed by atoms with E-state index in [0.29, 0.717) is 6.54 Å². The minimum absolute atomic E-state index is 0.270. The summed E-state index contributed by atoms with van der Waals surface area (Å²) in [4.78, 5) is 1.99. The highest BCUT2D eigenvalue weighted by Gasteiger charge is 1.98. The van der Waals surface area contributed by atoms with Crippen molar-refractivity contribution in [2.24, 2.45) is 0 Å². The summed E-state index contributed by atoms with van der Waals surface area (Å²) in [5, 5.41) is 8.92. The van der Waals surface area contributed by atoms with Crippen LogP contribution in [0.4, 0.5) is 0 Å². The van der Waals surface area contributed by atoms with E-state index in [0.717, 1.165) is 6.54 Å². The van der Waals surface area contributed by atoms with E-state index in [-0.39, 0.29) is 6.10 Å². The molecule has 1 unspecified atom stereocenters. The Hall–Kier alpha value is -0.0500. The van der Waals surface area contributed by atoms with Crippen LogP contribution in [0.15, 0.2) is 11.6 Å². The summed E-state index contributed by atoms with van der Waals surface area (Å²) >= 11 is 5.31. The van der Waals surface area contributed by atoms with Crippen molar-refractivity contribution in [3.05, 3.63) is 11.6 Å². The van der Waals surface area contributed by atoms with Crippen LogP contribution in [-0.4, -0.2) is 36.2 Å². The van der Waals surface area contributed by atoms with Crippen molar-refractivity contribution >= 4 is 11.6 Å². The van der Waals surface area contributed by atoms with Gasteiger partial charge >= 0.3 is 0 Å². The summed E-state index contributed by atoms with van der Waals surface area (Å²) in [7, 11) is 1.93. The molecule has 0 fully saturated rings. The highest BCUT2D eigenvalue weighted by molar-refractivity contribution is 6.25. The molecule has 0 radical (unpaired) electrons. The third-order valence-electron chi connectivity index (χ3n) is 1.08. The van der Waals surface area contributed by atoms with E-state index in [4.69, 9.17) is 16.7 Å². The molecule has 0 aromatic heterocycles. The fraction of sp³-hybridized carbons (Fsp3) is 0.714. The van der Waals surface area contributed by atoms with Crippen molar-refractivity contribution in [2.75, 3.05) is 20.1 Å². The van der Waals surface area contributed by atoms with Crippen LogP contribution in [0.25, 0.3) is 0 Å². The molecule has 60 valence electrons. The molecule has 3 heteroatoms. The molecule has 2 nitrogen and oxygen atoms in total. The molecule has 0 heterocycles. The van der Waals surface area contributed by atoms with Crippen LogP contribution in [0.3, 0.4) is 0 Å². The lowest BCUT2D eigenvalue weighted by molar-refractivity contribution is 0.147. The normalized spacial score (nSPS) is 14.9. The van der Waals surface area contributed by atoms with E-state index in [2.05, 4.69) is 0 Å². The number of aliphatic hydroxyl groups is 1. The minimum Gasteiger partial charge on any atom is -0.392 e. The Bertz CT molecular complexity index is 104. The Morgan fingerprint density at radius 1 is 1.70 bits per heavy atom. The van der Waals surface area contributed by atoms with Crippen LogP contribution in [0.5, 0.6) is 0 Å². The predicted molar refractivity (Wildman–Crippen MR) is 44.2 cm³/mol. The quantitative estimate of drug-likeness (QED) is 0.670. The molecule has 0 saturated carbocycles. The highest BCUT2D eigenvalue weighted by Crippen LogP contribution is 1.88. The number of aliphatic hydroxyl groups excluding tert-OH is 1. The van der Waals surface area contributed by atoms with Gasteiger partial charge in [-0.15, -0.1) is 0 Å². The van der Waals surface area contributed by atoms with Crippen LogP contribution < -0.4 is 0 Å². The molecular weight excluding hydrogens is 150 g/mol. The Balaban J connectivity index is 3.33. The van der Waals surface area contributed by atoms with Gasteiger partial charge in [0.15, 0.2) is 0 Å². The smallest absolute Gasteiger partial charge is 0.0639 e. The first kappa shape index (κ1) is 9.95. The number of hydrogen-bond acceptors (Lipinski definition) is 2. The molecule has 0 aliphatic heterocycles. The lowest BCUT2D eigenvalue weighted by Crippen LogP contribution is -2.27. The average Bonchev–Trinajstić information content (AvgIpc) is 1.82. The summed E-state index contributed by atoms with van der Waals surface area (Å²) in [6.45, 7) is 3.23. The first-order valence-electron chi connectivity index (χ1n) is 3.28. The fourth-order valence-corrected chi connectivity index (χ4v) is 0.825. The van der Waals surface area contributed by atoms with Crippen molar-refractivity contribution in [3.8, 4) is 0 Å². The Kier molecular flexibility index (Phi) is 5.69.